The van der Waals surface area contributed by atoms with Crippen LogP contribution in [0.5, 0.6) is 0 Å². The van der Waals surface area contributed by atoms with Crippen LogP contribution in [-0.2, 0) is 29.4 Å². The van der Waals surface area contributed by atoms with E-state index >= 15 is 0 Å². The fraction of sp³-hybridized carbons (Fsp3) is 0.211. The predicted octanol–water partition coefficient (Wildman–Crippen LogP) is 2.21. The maximum atomic E-state index is 11.0. The summed E-state index contributed by atoms with van der Waals surface area (Å²) >= 11 is 0. The van der Waals surface area contributed by atoms with Crippen molar-refractivity contribution in [3.63, 3.8) is 0 Å². The minimum atomic E-state index is -2.42. The van der Waals surface area contributed by atoms with Gasteiger partial charge in [0.25, 0.3) is 0 Å². The molecule has 7 heteroatoms. The molecule has 132 valence electrons. The topological polar surface area (TPSA) is 76.1 Å². The molecular weight excluding hydrogens is 348 g/mol. The normalized spacial score (nSPS) is 13.7. The van der Waals surface area contributed by atoms with Gasteiger partial charge in [0.15, 0.2) is 5.82 Å². The highest BCUT2D eigenvalue weighted by Crippen LogP contribution is 2.25. The SMILES string of the molecule is O=[SH](=O)Cc1cccc(N2CCc3nc(-c4ccccn4)ncc3C2)c1. The molecule has 0 unspecified atom stereocenters. The Balaban J connectivity index is 1.57. The second-order valence-corrected chi connectivity index (χ2v) is 7.19. The van der Waals surface area contributed by atoms with Gasteiger partial charge in [0.1, 0.15) is 16.4 Å². The molecule has 3 heterocycles. The number of thiol groups is 1. The predicted molar refractivity (Wildman–Crippen MR) is 100 cm³/mol. The van der Waals surface area contributed by atoms with Crippen molar-refractivity contribution >= 4 is 16.4 Å². The molecule has 1 aliphatic rings. The molecule has 0 fully saturated rings. The number of nitrogens with zero attached hydrogens (tertiary/aromatic N) is 4. The first kappa shape index (κ1) is 16.7. The van der Waals surface area contributed by atoms with E-state index in [0.29, 0.717) is 12.4 Å². The van der Waals surface area contributed by atoms with Crippen LogP contribution in [0.1, 0.15) is 16.8 Å². The van der Waals surface area contributed by atoms with E-state index in [0.717, 1.165) is 41.2 Å². The number of benzene rings is 1. The number of anilines is 1. The first-order valence-corrected chi connectivity index (χ1v) is 9.77. The molecule has 0 saturated heterocycles. The molecule has 6 nitrogen and oxygen atoms in total. The molecule has 1 aromatic carbocycles. The molecule has 0 spiro atoms. The minimum Gasteiger partial charge on any atom is -0.367 e. The summed E-state index contributed by atoms with van der Waals surface area (Å²) in [5.41, 5.74) is 4.76. The van der Waals surface area contributed by atoms with Crippen molar-refractivity contribution in [1.82, 2.24) is 15.0 Å². The third-order valence-corrected chi connectivity index (χ3v) is 5.04. The Morgan fingerprint density at radius 1 is 1.08 bits per heavy atom. The highest BCUT2D eigenvalue weighted by Gasteiger charge is 2.19. The summed E-state index contributed by atoms with van der Waals surface area (Å²) in [5, 5.41) is 0. The molecule has 2 aromatic heterocycles. The van der Waals surface area contributed by atoms with E-state index in [2.05, 4.69) is 19.9 Å². The number of hydrogen-bond donors (Lipinski definition) is 1. The molecule has 0 saturated carbocycles. The highest BCUT2D eigenvalue weighted by molar-refractivity contribution is 7.71. The molecule has 0 amide bonds. The Morgan fingerprint density at radius 3 is 2.81 bits per heavy atom. The van der Waals surface area contributed by atoms with Crippen LogP contribution in [0.4, 0.5) is 5.69 Å². The zero-order valence-electron chi connectivity index (χ0n) is 14.1. The van der Waals surface area contributed by atoms with Crippen LogP contribution in [0.2, 0.25) is 0 Å². The van der Waals surface area contributed by atoms with Crippen molar-refractivity contribution in [2.24, 2.45) is 0 Å². The number of rotatable bonds is 4. The van der Waals surface area contributed by atoms with Crippen LogP contribution in [0.15, 0.2) is 54.9 Å². The molecule has 26 heavy (non-hydrogen) atoms. The molecule has 0 aliphatic carbocycles. The molecule has 0 N–H and O–H groups in total. The molecule has 0 bridgehead atoms. The molecule has 0 atom stereocenters. The molecule has 1 aliphatic heterocycles. The van der Waals surface area contributed by atoms with Gasteiger partial charge in [-0.1, -0.05) is 18.2 Å². The smallest absolute Gasteiger partial charge is 0.178 e. The summed E-state index contributed by atoms with van der Waals surface area (Å²) in [6.45, 7) is 1.55. The van der Waals surface area contributed by atoms with Crippen LogP contribution in [-0.4, -0.2) is 29.9 Å². The Morgan fingerprint density at radius 2 is 2.00 bits per heavy atom. The van der Waals surface area contributed by atoms with E-state index < -0.39 is 10.7 Å². The van der Waals surface area contributed by atoms with Gasteiger partial charge in [-0.15, -0.1) is 0 Å². The lowest BCUT2D eigenvalue weighted by molar-refractivity contribution is 0.614. The Hall–Kier alpha value is -2.80. The largest absolute Gasteiger partial charge is 0.367 e. The number of hydrogen-bond acceptors (Lipinski definition) is 6. The van der Waals surface area contributed by atoms with Gasteiger partial charge in [-0.3, -0.25) is 4.98 Å². The summed E-state index contributed by atoms with van der Waals surface area (Å²) in [4.78, 5) is 15.7. The summed E-state index contributed by atoms with van der Waals surface area (Å²) in [6.07, 6.45) is 4.43. The number of pyridine rings is 1. The maximum absolute atomic E-state index is 11.0. The molecule has 3 aromatic rings. The van der Waals surface area contributed by atoms with Gasteiger partial charge in [0.2, 0.25) is 0 Å². The molecular formula is C19H18N4O2S. The third-order valence-electron chi connectivity index (χ3n) is 4.42. The van der Waals surface area contributed by atoms with E-state index in [1.165, 1.54) is 0 Å². The van der Waals surface area contributed by atoms with Gasteiger partial charge in [-0.25, -0.2) is 18.4 Å². The summed E-state index contributed by atoms with van der Waals surface area (Å²) in [5.74, 6) is 0.725. The van der Waals surface area contributed by atoms with Crippen molar-refractivity contribution in [3.8, 4) is 11.5 Å². The van der Waals surface area contributed by atoms with Crippen molar-refractivity contribution in [2.45, 2.75) is 18.7 Å². The van der Waals surface area contributed by atoms with Crippen molar-refractivity contribution in [1.29, 1.82) is 0 Å². The Kier molecular flexibility index (Phi) is 4.62. The third kappa shape index (κ3) is 3.57. The standard InChI is InChI=1S/C19H18N4O2S/c24-26(25)13-14-4-3-5-16(10-14)23-9-7-17-15(12-23)11-21-19(22-17)18-6-1-2-8-20-18/h1-6,8,10-11,26H,7,9,12-13H2. The van der Waals surface area contributed by atoms with Gasteiger partial charge in [-0.05, 0) is 29.8 Å². The van der Waals surface area contributed by atoms with Crippen molar-refractivity contribution in [2.75, 3.05) is 11.4 Å². The first-order valence-electron chi connectivity index (χ1n) is 8.41. The molecule has 0 radical (unpaired) electrons. The van der Waals surface area contributed by atoms with Crippen LogP contribution in [0.3, 0.4) is 0 Å². The van der Waals surface area contributed by atoms with E-state index in [1.807, 2.05) is 48.7 Å². The van der Waals surface area contributed by atoms with E-state index in [1.54, 1.807) is 6.20 Å². The monoisotopic (exact) mass is 366 g/mol. The lowest BCUT2D eigenvalue weighted by Crippen LogP contribution is -2.31. The average Bonchev–Trinajstić information content (AvgIpc) is 2.67. The number of fused-ring (bicyclic) bond motifs is 1. The lowest BCUT2D eigenvalue weighted by atomic mass is 10.1. The summed E-state index contributed by atoms with van der Waals surface area (Å²) < 4.78 is 21.9. The highest BCUT2D eigenvalue weighted by atomic mass is 32.2. The first-order chi connectivity index (χ1) is 12.7. The zero-order chi connectivity index (χ0) is 17.9. The van der Waals surface area contributed by atoms with Gasteiger partial charge < -0.3 is 4.90 Å². The van der Waals surface area contributed by atoms with Gasteiger partial charge >= 0.3 is 0 Å². The van der Waals surface area contributed by atoms with Gasteiger partial charge in [-0.2, -0.15) is 0 Å². The fourth-order valence-electron chi connectivity index (χ4n) is 3.16. The second-order valence-electron chi connectivity index (χ2n) is 6.21. The van der Waals surface area contributed by atoms with Crippen LogP contribution in [0, 0.1) is 0 Å². The minimum absolute atomic E-state index is 0.0736. The Bertz CT molecular complexity index is 997. The van der Waals surface area contributed by atoms with Crippen molar-refractivity contribution < 1.29 is 8.42 Å². The van der Waals surface area contributed by atoms with Crippen LogP contribution in [0.25, 0.3) is 11.5 Å². The maximum Gasteiger partial charge on any atom is 0.178 e. The van der Waals surface area contributed by atoms with E-state index in [4.69, 9.17) is 0 Å². The fourth-order valence-corrected chi connectivity index (χ4v) is 3.65. The zero-order valence-corrected chi connectivity index (χ0v) is 15.0. The summed E-state index contributed by atoms with van der Waals surface area (Å²) in [7, 11) is -2.42. The van der Waals surface area contributed by atoms with E-state index in [-0.39, 0.29) is 5.75 Å². The van der Waals surface area contributed by atoms with Gasteiger partial charge in [0.05, 0.1) is 11.4 Å². The summed E-state index contributed by atoms with van der Waals surface area (Å²) in [6, 6.07) is 13.4. The van der Waals surface area contributed by atoms with Crippen LogP contribution >= 0.6 is 0 Å². The van der Waals surface area contributed by atoms with Crippen LogP contribution < -0.4 is 4.90 Å². The van der Waals surface area contributed by atoms with Crippen molar-refractivity contribution in [3.05, 3.63) is 71.7 Å². The quantitative estimate of drug-likeness (QED) is 0.714. The van der Waals surface area contributed by atoms with E-state index in [9.17, 15) is 8.42 Å². The molecule has 4 rings (SSSR count). The Labute approximate surface area is 153 Å². The lowest BCUT2D eigenvalue weighted by Gasteiger charge is -2.30. The second kappa shape index (κ2) is 7.21. The average molecular weight is 366 g/mol. The number of aromatic nitrogens is 3. The van der Waals surface area contributed by atoms with Gasteiger partial charge in [0, 0.05) is 43.2 Å².